The van der Waals surface area contributed by atoms with E-state index in [9.17, 15) is 9.36 Å². The van der Waals surface area contributed by atoms with Crippen LogP contribution in [0.3, 0.4) is 0 Å². The minimum Gasteiger partial charge on any atom is -0.478 e. The summed E-state index contributed by atoms with van der Waals surface area (Å²) in [6.07, 6.45) is 0. The highest BCUT2D eigenvalue weighted by Gasteiger charge is 2.17. The number of anilines is 1. The third-order valence-electron chi connectivity index (χ3n) is 2.69. The molecule has 0 heterocycles. The van der Waals surface area contributed by atoms with Crippen molar-refractivity contribution in [2.75, 3.05) is 5.73 Å². The Labute approximate surface area is 125 Å². The summed E-state index contributed by atoms with van der Waals surface area (Å²) in [4.78, 5) is 29.3. The molecule has 0 atom stereocenters. The zero-order valence-corrected chi connectivity index (χ0v) is 12.0. The van der Waals surface area contributed by atoms with Crippen LogP contribution in [0.5, 0.6) is 0 Å². The van der Waals surface area contributed by atoms with E-state index >= 15 is 0 Å². The van der Waals surface area contributed by atoms with Gasteiger partial charge < -0.3 is 20.6 Å². The van der Waals surface area contributed by atoms with Crippen molar-refractivity contribution in [3.63, 3.8) is 0 Å². The van der Waals surface area contributed by atoms with Crippen LogP contribution in [0, 0.1) is 0 Å². The Balaban J connectivity index is 2.37. The highest BCUT2D eigenvalue weighted by Crippen LogP contribution is 2.34. The molecule has 0 aliphatic carbocycles. The smallest absolute Gasteiger partial charge is 0.356 e. The number of hydrogen-bond donors (Lipinski definition) is 4. The van der Waals surface area contributed by atoms with Crippen LogP contribution in [0.4, 0.5) is 17.1 Å². The average molecular weight is 321 g/mol. The maximum absolute atomic E-state index is 11.2. The standard InChI is InChI=1S/C13H12N3O5P/c14-8-4-5-12(11(6-8)13(17)18)16-15-9-2-1-3-10(7-9)22(19,20)21/h1-7H,14H2,(H,17,18)(H2,19,20,21)/b16-15+. The van der Waals surface area contributed by atoms with Crippen molar-refractivity contribution in [1.82, 2.24) is 0 Å². The van der Waals surface area contributed by atoms with E-state index in [1.54, 1.807) is 0 Å². The normalized spacial score (nSPS) is 11.7. The van der Waals surface area contributed by atoms with E-state index in [0.29, 0.717) is 0 Å². The molecule has 0 aliphatic rings. The second-order valence-electron chi connectivity index (χ2n) is 4.35. The monoisotopic (exact) mass is 321 g/mol. The molecule has 2 aromatic carbocycles. The third-order valence-corrected chi connectivity index (χ3v) is 3.64. The van der Waals surface area contributed by atoms with Gasteiger partial charge in [-0.3, -0.25) is 4.57 Å². The number of benzene rings is 2. The maximum Gasteiger partial charge on any atom is 0.356 e. The van der Waals surface area contributed by atoms with E-state index in [1.165, 1.54) is 42.5 Å². The van der Waals surface area contributed by atoms with Gasteiger partial charge >= 0.3 is 13.6 Å². The Morgan fingerprint density at radius 1 is 1.09 bits per heavy atom. The fourth-order valence-electron chi connectivity index (χ4n) is 1.66. The zero-order chi connectivity index (χ0) is 16.3. The number of rotatable bonds is 4. The first-order valence-electron chi connectivity index (χ1n) is 5.98. The number of nitrogens with zero attached hydrogens (tertiary/aromatic N) is 2. The summed E-state index contributed by atoms with van der Waals surface area (Å²) < 4.78 is 11.2. The van der Waals surface area contributed by atoms with Gasteiger partial charge in [-0.15, -0.1) is 5.11 Å². The van der Waals surface area contributed by atoms with Crippen molar-refractivity contribution in [2.24, 2.45) is 10.2 Å². The topological polar surface area (TPSA) is 146 Å². The largest absolute Gasteiger partial charge is 0.478 e. The second kappa shape index (κ2) is 6.07. The number of hydrogen-bond acceptors (Lipinski definition) is 5. The predicted octanol–water partition coefficient (Wildman–Crippen LogP) is 2.19. The first kappa shape index (κ1) is 15.8. The Morgan fingerprint density at radius 3 is 2.45 bits per heavy atom. The minimum absolute atomic E-state index is 0.0864. The van der Waals surface area contributed by atoms with Gasteiger partial charge in [0.25, 0.3) is 0 Å². The van der Waals surface area contributed by atoms with E-state index in [0.717, 1.165) is 0 Å². The minimum atomic E-state index is -4.38. The van der Waals surface area contributed by atoms with Crippen molar-refractivity contribution in [3.05, 3.63) is 48.0 Å². The van der Waals surface area contributed by atoms with E-state index in [4.69, 9.17) is 20.6 Å². The summed E-state index contributed by atoms with van der Waals surface area (Å²) in [5.74, 6) is -1.20. The number of nitrogens with two attached hydrogens (primary N) is 1. The molecule has 0 bridgehead atoms. The van der Waals surface area contributed by atoms with Gasteiger partial charge in [0, 0.05) is 5.69 Å². The van der Waals surface area contributed by atoms with Crippen molar-refractivity contribution >= 4 is 35.9 Å². The molecule has 0 fully saturated rings. The fraction of sp³-hybridized carbons (Fsp3) is 0. The van der Waals surface area contributed by atoms with Crippen molar-refractivity contribution < 1.29 is 24.3 Å². The number of nitrogen functional groups attached to an aromatic ring is 1. The number of carbonyl (C=O) groups is 1. The molecular weight excluding hydrogens is 309 g/mol. The molecule has 0 amide bonds. The van der Waals surface area contributed by atoms with Gasteiger partial charge in [-0.1, -0.05) is 6.07 Å². The molecule has 0 aliphatic heterocycles. The SMILES string of the molecule is Nc1ccc(/N=N/c2cccc(P(=O)(O)O)c2)c(C(=O)O)c1. The quantitative estimate of drug-likeness (QED) is 0.386. The molecule has 114 valence electrons. The molecule has 0 aromatic heterocycles. The number of carboxylic acid groups (broad SMARTS) is 1. The van der Waals surface area contributed by atoms with Gasteiger partial charge in [-0.25, -0.2) is 4.79 Å². The Hall–Kier alpha value is -2.54. The van der Waals surface area contributed by atoms with Crippen molar-refractivity contribution in [2.45, 2.75) is 0 Å². The third kappa shape index (κ3) is 3.76. The fourth-order valence-corrected chi connectivity index (χ4v) is 2.24. The lowest BCUT2D eigenvalue weighted by atomic mass is 10.1. The number of azo groups is 1. The lowest BCUT2D eigenvalue weighted by molar-refractivity contribution is 0.0697. The maximum atomic E-state index is 11.2. The average Bonchev–Trinajstić information content (AvgIpc) is 2.45. The van der Waals surface area contributed by atoms with Crippen LogP contribution < -0.4 is 11.0 Å². The van der Waals surface area contributed by atoms with Gasteiger partial charge in [0.05, 0.1) is 16.6 Å². The molecule has 22 heavy (non-hydrogen) atoms. The van der Waals surface area contributed by atoms with Crippen LogP contribution in [0.1, 0.15) is 10.4 Å². The van der Waals surface area contributed by atoms with E-state index < -0.39 is 13.6 Å². The first-order valence-corrected chi connectivity index (χ1v) is 7.59. The summed E-state index contributed by atoms with van der Waals surface area (Å²) >= 11 is 0. The van der Waals surface area contributed by atoms with Crippen molar-refractivity contribution in [3.8, 4) is 0 Å². The van der Waals surface area contributed by atoms with Gasteiger partial charge in [0.15, 0.2) is 0 Å². The van der Waals surface area contributed by atoms with Crippen LogP contribution in [-0.2, 0) is 4.57 Å². The molecule has 0 saturated carbocycles. The summed E-state index contributed by atoms with van der Waals surface area (Å²) in [6, 6.07) is 9.49. The molecule has 2 aromatic rings. The molecule has 8 nitrogen and oxygen atoms in total. The molecule has 2 rings (SSSR count). The second-order valence-corrected chi connectivity index (χ2v) is 5.95. The van der Waals surface area contributed by atoms with Crippen LogP contribution in [0.2, 0.25) is 0 Å². The first-order chi connectivity index (χ1) is 10.3. The zero-order valence-electron chi connectivity index (χ0n) is 11.1. The number of aromatic carboxylic acids is 1. The number of carboxylic acids is 1. The Morgan fingerprint density at radius 2 is 1.82 bits per heavy atom. The van der Waals surface area contributed by atoms with Crippen LogP contribution in [0.15, 0.2) is 52.7 Å². The van der Waals surface area contributed by atoms with E-state index in [-0.39, 0.29) is 27.9 Å². The Bertz CT molecular complexity index is 800. The summed E-state index contributed by atoms with van der Waals surface area (Å²) in [5.41, 5.74) is 5.96. The highest BCUT2D eigenvalue weighted by atomic mass is 31.2. The van der Waals surface area contributed by atoms with Crippen LogP contribution in [0.25, 0.3) is 0 Å². The molecule has 0 unspecified atom stereocenters. The summed E-state index contributed by atoms with van der Waals surface area (Å²) in [6.45, 7) is 0. The van der Waals surface area contributed by atoms with E-state index in [1.807, 2.05) is 0 Å². The van der Waals surface area contributed by atoms with Gasteiger partial charge in [0.2, 0.25) is 0 Å². The lowest BCUT2D eigenvalue weighted by Crippen LogP contribution is -2.01. The Kier molecular flexibility index (Phi) is 4.37. The molecule has 0 spiro atoms. The molecule has 9 heteroatoms. The molecule has 0 saturated heterocycles. The molecule has 5 N–H and O–H groups in total. The van der Waals surface area contributed by atoms with E-state index in [2.05, 4.69) is 10.2 Å². The predicted molar refractivity (Wildman–Crippen MR) is 80.1 cm³/mol. The summed E-state index contributed by atoms with van der Waals surface area (Å²) in [5, 5.41) is 16.5. The molecular formula is C13H12N3O5P. The lowest BCUT2D eigenvalue weighted by Gasteiger charge is -2.04. The van der Waals surface area contributed by atoms with Gasteiger partial charge in [-0.2, -0.15) is 5.11 Å². The highest BCUT2D eigenvalue weighted by molar-refractivity contribution is 7.60. The van der Waals surface area contributed by atoms with Crippen LogP contribution in [-0.4, -0.2) is 20.9 Å². The van der Waals surface area contributed by atoms with Gasteiger partial charge in [0.1, 0.15) is 5.69 Å². The summed E-state index contributed by atoms with van der Waals surface area (Å²) in [7, 11) is -4.38. The van der Waals surface area contributed by atoms with Crippen LogP contribution >= 0.6 is 7.60 Å². The molecule has 0 radical (unpaired) electrons. The van der Waals surface area contributed by atoms with Crippen molar-refractivity contribution in [1.29, 1.82) is 0 Å². The van der Waals surface area contributed by atoms with Gasteiger partial charge in [-0.05, 0) is 36.4 Å².